The molecule has 4 heterocycles. The highest BCUT2D eigenvalue weighted by molar-refractivity contribution is 6.34. The summed E-state index contributed by atoms with van der Waals surface area (Å²) < 4.78 is 23.8. The van der Waals surface area contributed by atoms with Crippen LogP contribution in [0.1, 0.15) is 43.4 Å². The molecule has 12 heteroatoms. The molecule has 0 aliphatic carbocycles. The van der Waals surface area contributed by atoms with Crippen LogP contribution in [0.25, 0.3) is 33.1 Å². The molecule has 4 aromatic rings. The van der Waals surface area contributed by atoms with Crippen molar-refractivity contribution in [3.05, 3.63) is 46.2 Å². The number of amides is 2. The molecule has 2 aromatic heterocycles. The fourth-order valence-corrected chi connectivity index (χ4v) is 6.48. The summed E-state index contributed by atoms with van der Waals surface area (Å²) in [7, 11) is 0. The van der Waals surface area contributed by atoms with Gasteiger partial charge in [0.2, 0.25) is 0 Å². The van der Waals surface area contributed by atoms with E-state index in [1.165, 1.54) is 4.90 Å². The van der Waals surface area contributed by atoms with Crippen LogP contribution in [0.3, 0.4) is 0 Å². The Bertz CT molecular complexity index is 1940. The number of hydrogen-bond acceptors (Lipinski definition) is 7. The van der Waals surface area contributed by atoms with Crippen LogP contribution in [-0.4, -0.2) is 69.0 Å². The highest BCUT2D eigenvalue weighted by Gasteiger charge is 2.35. The summed E-state index contributed by atoms with van der Waals surface area (Å²) in [5.74, 6) is 4.22. The van der Waals surface area contributed by atoms with Crippen molar-refractivity contribution in [3.8, 4) is 29.0 Å². The largest absolute Gasteiger partial charge is 0.370 e. The molecule has 2 aliphatic rings. The summed E-state index contributed by atoms with van der Waals surface area (Å²) >= 11 is 6.66. The van der Waals surface area contributed by atoms with Gasteiger partial charge in [-0.1, -0.05) is 40.9 Å². The first-order valence-corrected chi connectivity index (χ1v) is 14.7. The van der Waals surface area contributed by atoms with Gasteiger partial charge < -0.3 is 9.64 Å². The second-order valence-electron chi connectivity index (χ2n) is 11.0. The fourth-order valence-electron chi connectivity index (χ4n) is 6.26. The van der Waals surface area contributed by atoms with E-state index >= 15 is 4.39 Å². The van der Waals surface area contributed by atoms with Crippen molar-refractivity contribution >= 4 is 51.2 Å². The van der Waals surface area contributed by atoms with E-state index in [0.29, 0.717) is 64.1 Å². The molecule has 2 aromatic carbocycles. The molecule has 2 atom stereocenters. The number of halogens is 2. The van der Waals surface area contributed by atoms with Gasteiger partial charge in [0, 0.05) is 29.1 Å². The van der Waals surface area contributed by atoms with Gasteiger partial charge in [-0.25, -0.2) is 14.1 Å². The van der Waals surface area contributed by atoms with Crippen molar-refractivity contribution in [1.29, 1.82) is 5.26 Å². The lowest BCUT2D eigenvalue weighted by atomic mass is 9.94. The molecule has 0 unspecified atom stereocenters. The lowest BCUT2D eigenvalue weighted by molar-refractivity contribution is -0.129. The lowest BCUT2D eigenvalue weighted by Crippen LogP contribution is -2.46. The number of nitrogens with zero attached hydrogens (tertiary/aromatic N) is 7. The third-order valence-electron chi connectivity index (χ3n) is 8.37. The van der Waals surface area contributed by atoms with Crippen molar-refractivity contribution in [1.82, 2.24) is 24.9 Å². The molecule has 10 nitrogen and oxygen atoms in total. The number of benzene rings is 2. The Morgan fingerprint density at radius 1 is 1.23 bits per heavy atom. The van der Waals surface area contributed by atoms with Crippen LogP contribution in [0.2, 0.25) is 5.02 Å². The number of pyridine rings is 1. The number of morpholine rings is 1. The van der Waals surface area contributed by atoms with E-state index < -0.39 is 5.82 Å². The predicted octanol–water partition coefficient (Wildman–Crippen LogP) is 4.89. The maximum atomic E-state index is 16.8. The molecule has 0 N–H and O–H groups in total. The minimum Gasteiger partial charge on any atom is -0.370 e. The normalized spacial score (nSPS) is 18.8. The number of rotatable bonds is 4. The topological polar surface area (TPSA) is 117 Å². The van der Waals surface area contributed by atoms with E-state index in [-0.39, 0.29) is 54.8 Å². The lowest BCUT2D eigenvalue weighted by Gasteiger charge is -2.37. The van der Waals surface area contributed by atoms with Crippen LogP contribution in [-0.2, 0) is 14.3 Å². The van der Waals surface area contributed by atoms with Crippen molar-refractivity contribution < 1.29 is 18.7 Å². The third kappa shape index (κ3) is 4.92. The minimum absolute atomic E-state index is 0.0629. The zero-order valence-corrected chi connectivity index (χ0v) is 25.3. The number of aromatic nitrogens is 4. The smallest absolute Gasteiger partial charge is 0.298 e. The van der Waals surface area contributed by atoms with Gasteiger partial charge in [0.05, 0.1) is 36.7 Å². The van der Waals surface area contributed by atoms with Crippen molar-refractivity contribution in [2.75, 3.05) is 31.2 Å². The van der Waals surface area contributed by atoms with Gasteiger partial charge in [-0.05, 0) is 56.7 Å². The molecule has 0 radical (unpaired) electrons. The van der Waals surface area contributed by atoms with Gasteiger partial charge in [-0.2, -0.15) is 5.26 Å². The first-order valence-electron chi connectivity index (χ1n) is 14.4. The number of anilines is 1. The van der Waals surface area contributed by atoms with E-state index in [2.05, 4.69) is 28.2 Å². The molecule has 0 bridgehead atoms. The molecule has 2 amide bonds. The van der Waals surface area contributed by atoms with Crippen LogP contribution in [0, 0.1) is 42.8 Å². The van der Waals surface area contributed by atoms with E-state index in [9.17, 15) is 14.9 Å². The van der Waals surface area contributed by atoms with Crippen LogP contribution in [0.4, 0.5) is 10.2 Å². The number of carbonyl (C=O) groups excluding carboxylic acids is 2. The Labute approximate surface area is 258 Å². The summed E-state index contributed by atoms with van der Waals surface area (Å²) in [4.78, 5) is 33.5. The molecule has 2 aliphatic heterocycles. The molecule has 2 saturated heterocycles. The van der Waals surface area contributed by atoms with Crippen LogP contribution in [0.5, 0.6) is 0 Å². The van der Waals surface area contributed by atoms with Gasteiger partial charge in [0.25, 0.3) is 11.8 Å². The van der Waals surface area contributed by atoms with Gasteiger partial charge in [0.15, 0.2) is 17.2 Å². The maximum Gasteiger partial charge on any atom is 0.298 e. The molecular formula is C32H29ClFN7O3. The van der Waals surface area contributed by atoms with Crippen LogP contribution >= 0.6 is 11.6 Å². The number of piperidine rings is 1. The first kappa shape index (κ1) is 29.5. The molecule has 0 saturated carbocycles. The zero-order valence-electron chi connectivity index (χ0n) is 24.5. The monoisotopic (exact) mass is 613 g/mol. The highest BCUT2D eigenvalue weighted by atomic mass is 35.5. The third-order valence-corrected chi connectivity index (χ3v) is 8.87. The van der Waals surface area contributed by atoms with Gasteiger partial charge in [-0.3, -0.25) is 14.5 Å². The van der Waals surface area contributed by atoms with Gasteiger partial charge >= 0.3 is 0 Å². The Morgan fingerprint density at radius 3 is 2.80 bits per heavy atom. The summed E-state index contributed by atoms with van der Waals surface area (Å²) in [6, 6.07) is 8.87. The second-order valence-corrected chi connectivity index (χ2v) is 11.4. The Kier molecular flexibility index (Phi) is 7.93. The SMILES string of the molecule is CC#CC(=O)N1CC[C@H](n2nnc3c(N4CCOCC4=O)nc4c(F)c(-c5cccc(C)c5Cl)c(C)cc4c32)C[C@H]1CC#N. The quantitative estimate of drug-likeness (QED) is 0.301. The van der Waals surface area contributed by atoms with E-state index in [4.69, 9.17) is 21.3 Å². The maximum absolute atomic E-state index is 16.8. The van der Waals surface area contributed by atoms with Crippen molar-refractivity contribution in [3.63, 3.8) is 0 Å². The number of aryl methyl sites for hydroxylation is 2. The zero-order chi connectivity index (χ0) is 31.1. The summed E-state index contributed by atoms with van der Waals surface area (Å²) in [6.07, 6.45) is 1.08. The molecule has 2 fully saturated rings. The van der Waals surface area contributed by atoms with Crippen molar-refractivity contribution in [2.24, 2.45) is 0 Å². The highest BCUT2D eigenvalue weighted by Crippen LogP contribution is 2.41. The average Bonchev–Trinajstić information content (AvgIpc) is 3.45. The molecule has 224 valence electrons. The second kappa shape index (κ2) is 11.8. The Balaban J connectivity index is 1.57. The number of likely N-dealkylation sites (tertiary alicyclic amines) is 1. The summed E-state index contributed by atoms with van der Waals surface area (Å²) in [5, 5.41) is 19.5. The van der Waals surface area contributed by atoms with E-state index in [1.54, 1.807) is 22.6 Å². The summed E-state index contributed by atoms with van der Waals surface area (Å²) in [6.45, 7) is 6.04. The summed E-state index contributed by atoms with van der Waals surface area (Å²) in [5.41, 5.74) is 3.29. The molecule has 6 rings (SSSR count). The Morgan fingerprint density at radius 2 is 2.05 bits per heavy atom. The van der Waals surface area contributed by atoms with Crippen LogP contribution < -0.4 is 4.90 Å². The number of hydrogen-bond donors (Lipinski definition) is 0. The first-order chi connectivity index (χ1) is 21.2. The van der Waals surface area contributed by atoms with Gasteiger partial charge in [0.1, 0.15) is 17.6 Å². The predicted molar refractivity (Wildman–Crippen MR) is 163 cm³/mol. The molecule has 0 spiro atoms. The van der Waals surface area contributed by atoms with E-state index in [0.717, 1.165) is 5.56 Å². The molecule has 44 heavy (non-hydrogen) atoms. The standard InChI is InChI=1S/C32H29ClFN7O3/c1-4-6-24(42)39-12-10-21(16-20(39)9-11-35)41-31-23-15-19(3)26(22-8-5-7-18(2)27(22)33)28(34)29(23)36-32(30(31)37-38-41)40-13-14-44-17-25(40)43/h5,7-8,15,20-21H,9-10,12-14,16-17H2,1-3H3/t20-,21+/m1/s1. The number of fused-ring (bicyclic) bond motifs is 3. The number of nitriles is 1. The van der Waals surface area contributed by atoms with Gasteiger partial charge in [-0.15, -0.1) is 5.10 Å². The fraction of sp³-hybridized carbons (Fsp3) is 0.375. The van der Waals surface area contributed by atoms with Crippen molar-refractivity contribution in [2.45, 2.75) is 52.1 Å². The number of carbonyl (C=O) groups is 2. The van der Waals surface area contributed by atoms with E-state index in [1.807, 2.05) is 32.0 Å². The number of ether oxygens (including phenoxy) is 1. The average molecular weight is 614 g/mol. The Hall–Kier alpha value is -4.58. The minimum atomic E-state index is -0.565. The van der Waals surface area contributed by atoms with Crippen LogP contribution in [0.15, 0.2) is 24.3 Å². The molecular weight excluding hydrogens is 585 g/mol.